The van der Waals surface area contributed by atoms with Gasteiger partial charge in [0.15, 0.2) is 6.61 Å². The maximum absolute atomic E-state index is 11.9. The van der Waals surface area contributed by atoms with Gasteiger partial charge in [0.25, 0.3) is 5.91 Å². The van der Waals surface area contributed by atoms with Gasteiger partial charge in [-0.3, -0.25) is 9.59 Å². The zero-order chi connectivity index (χ0) is 20.6. The van der Waals surface area contributed by atoms with Gasteiger partial charge in [0.1, 0.15) is 5.75 Å². The highest BCUT2D eigenvalue weighted by Gasteiger charge is 2.07. The third-order valence-electron chi connectivity index (χ3n) is 4.48. The molecule has 3 rings (SSSR count). The van der Waals surface area contributed by atoms with Gasteiger partial charge < -0.3 is 15.8 Å². The van der Waals surface area contributed by atoms with E-state index in [1.54, 1.807) is 24.3 Å². The molecule has 0 bridgehead atoms. The quantitative estimate of drug-likeness (QED) is 0.546. The zero-order valence-electron chi connectivity index (χ0n) is 16.3. The molecule has 150 valence electrons. The minimum absolute atomic E-state index is 0.0825. The number of hydrogen-bond donors (Lipinski definition) is 2. The number of aromatic nitrogens is 2. The number of hydrogen-bond acceptors (Lipinski definition) is 4. The van der Waals surface area contributed by atoms with Crippen LogP contribution in [0, 0.1) is 6.92 Å². The van der Waals surface area contributed by atoms with E-state index in [2.05, 4.69) is 10.4 Å². The number of nitrogens with two attached hydrogens (primary N) is 1. The van der Waals surface area contributed by atoms with E-state index in [4.69, 9.17) is 10.5 Å². The summed E-state index contributed by atoms with van der Waals surface area (Å²) < 4.78 is 7.29. The van der Waals surface area contributed by atoms with Gasteiger partial charge in [-0.25, -0.2) is 4.68 Å². The highest BCUT2D eigenvalue weighted by Crippen LogP contribution is 2.13. The molecular weight excluding hydrogens is 368 g/mol. The molecule has 0 aliphatic rings. The van der Waals surface area contributed by atoms with Gasteiger partial charge in [-0.05, 0) is 61.7 Å². The van der Waals surface area contributed by atoms with Crippen LogP contribution in [-0.4, -0.2) is 34.7 Å². The van der Waals surface area contributed by atoms with Gasteiger partial charge in [0.2, 0.25) is 5.91 Å². The molecule has 0 spiro atoms. The van der Waals surface area contributed by atoms with Crippen molar-refractivity contribution in [3.05, 3.63) is 77.6 Å². The average molecular weight is 392 g/mol. The highest BCUT2D eigenvalue weighted by molar-refractivity contribution is 5.92. The minimum Gasteiger partial charge on any atom is -0.484 e. The summed E-state index contributed by atoms with van der Waals surface area (Å²) in [6.07, 6.45) is 3.67. The van der Waals surface area contributed by atoms with E-state index in [-0.39, 0.29) is 12.5 Å². The molecule has 0 unspecified atom stereocenters. The van der Waals surface area contributed by atoms with Crippen LogP contribution in [0.5, 0.6) is 5.75 Å². The van der Waals surface area contributed by atoms with E-state index in [1.165, 1.54) is 0 Å². The second kappa shape index (κ2) is 9.54. The molecule has 2 amide bonds. The summed E-state index contributed by atoms with van der Waals surface area (Å²) in [5.74, 6) is -0.186. The number of aryl methyl sites for hydroxylation is 2. The van der Waals surface area contributed by atoms with Gasteiger partial charge >= 0.3 is 0 Å². The van der Waals surface area contributed by atoms with Crippen molar-refractivity contribution in [1.29, 1.82) is 0 Å². The Morgan fingerprint density at radius 1 is 1.10 bits per heavy atom. The molecule has 29 heavy (non-hydrogen) atoms. The first-order valence-electron chi connectivity index (χ1n) is 9.43. The van der Waals surface area contributed by atoms with Crippen LogP contribution in [0.1, 0.15) is 28.0 Å². The van der Waals surface area contributed by atoms with Gasteiger partial charge in [-0.1, -0.05) is 18.2 Å². The zero-order valence-corrected chi connectivity index (χ0v) is 16.3. The van der Waals surface area contributed by atoms with Crippen molar-refractivity contribution in [2.45, 2.75) is 19.8 Å². The number of benzene rings is 2. The number of primary amides is 1. The average Bonchev–Trinajstić information content (AvgIpc) is 3.11. The van der Waals surface area contributed by atoms with Crippen LogP contribution < -0.4 is 15.8 Å². The number of para-hydroxylation sites is 1. The maximum atomic E-state index is 11.9. The Bertz CT molecular complexity index is 965. The topological polar surface area (TPSA) is 99.2 Å². The predicted octanol–water partition coefficient (Wildman–Crippen LogP) is 2.41. The van der Waals surface area contributed by atoms with E-state index < -0.39 is 5.91 Å². The number of ether oxygens (including phenoxy) is 1. The van der Waals surface area contributed by atoms with Crippen LogP contribution in [0.3, 0.4) is 0 Å². The third-order valence-corrected chi connectivity index (χ3v) is 4.48. The van der Waals surface area contributed by atoms with Gasteiger partial charge in [-0.2, -0.15) is 5.10 Å². The fraction of sp³-hybridized carbons (Fsp3) is 0.227. The molecule has 0 atom stereocenters. The van der Waals surface area contributed by atoms with Crippen molar-refractivity contribution in [3.8, 4) is 11.4 Å². The van der Waals surface area contributed by atoms with Crippen molar-refractivity contribution >= 4 is 11.8 Å². The minimum atomic E-state index is -0.501. The van der Waals surface area contributed by atoms with Crippen LogP contribution in [0.15, 0.2) is 60.8 Å². The highest BCUT2D eigenvalue weighted by atomic mass is 16.5. The number of nitrogens with zero attached hydrogens (tertiary/aromatic N) is 2. The first kappa shape index (κ1) is 20.1. The number of amides is 2. The van der Waals surface area contributed by atoms with Crippen molar-refractivity contribution in [2.75, 3.05) is 13.2 Å². The first-order valence-corrected chi connectivity index (χ1v) is 9.43. The van der Waals surface area contributed by atoms with Crippen molar-refractivity contribution < 1.29 is 14.3 Å². The summed E-state index contributed by atoms with van der Waals surface area (Å²) in [7, 11) is 0. The summed E-state index contributed by atoms with van der Waals surface area (Å²) in [6, 6.07) is 16.3. The van der Waals surface area contributed by atoms with Crippen molar-refractivity contribution in [2.24, 2.45) is 5.73 Å². The predicted molar refractivity (Wildman–Crippen MR) is 110 cm³/mol. The summed E-state index contributed by atoms with van der Waals surface area (Å²) in [5, 5.41) is 7.40. The van der Waals surface area contributed by atoms with Crippen LogP contribution >= 0.6 is 0 Å². The maximum Gasteiger partial charge on any atom is 0.257 e. The molecule has 3 N–H and O–H groups in total. The molecule has 7 nitrogen and oxygen atoms in total. The SMILES string of the molecule is Cc1nn(-c2ccccc2)cc1CCCNC(=O)COc1ccc(C(N)=O)cc1. The van der Waals surface area contributed by atoms with Gasteiger partial charge in [-0.15, -0.1) is 0 Å². The molecule has 0 saturated heterocycles. The Morgan fingerprint density at radius 3 is 2.52 bits per heavy atom. The lowest BCUT2D eigenvalue weighted by molar-refractivity contribution is -0.123. The lowest BCUT2D eigenvalue weighted by Crippen LogP contribution is -2.29. The van der Waals surface area contributed by atoms with E-state index in [0.29, 0.717) is 17.9 Å². The largest absolute Gasteiger partial charge is 0.484 e. The molecule has 1 aromatic heterocycles. The Morgan fingerprint density at radius 2 is 1.83 bits per heavy atom. The third kappa shape index (κ3) is 5.68. The van der Waals surface area contributed by atoms with Crippen LogP contribution in [-0.2, 0) is 11.2 Å². The molecule has 0 saturated carbocycles. The van der Waals surface area contributed by atoms with Crippen LogP contribution in [0.25, 0.3) is 5.69 Å². The fourth-order valence-corrected chi connectivity index (χ4v) is 2.88. The lowest BCUT2D eigenvalue weighted by atomic mass is 10.1. The van der Waals surface area contributed by atoms with E-state index in [0.717, 1.165) is 29.8 Å². The molecular formula is C22H24N4O3. The fourth-order valence-electron chi connectivity index (χ4n) is 2.88. The van der Waals surface area contributed by atoms with Crippen LogP contribution in [0.4, 0.5) is 0 Å². The van der Waals surface area contributed by atoms with Crippen LogP contribution in [0.2, 0.25) is 0 Å². The molecule has 0 radical (unpaired) electrons. The number of carbonyl (C=O) groups excluding carboxylic acids is 2. The summed E-state index contributed by atoms with van der Waals surface area (Å²) >= 11 is 0. The smallest absolute Gasteiger partial charge is 0.257 e. The Kier molecular flexibility index (Phi) is 6.63. The van der Waals surface area contributed by atoms with Crippen molar-refractivity contribution in [3.63, 3.8) is 0 Å². The number of carbonyl (C=O) groups is 2. The Balaban J connectivity index is 1.39. The molecule has 3 aromatic rings. The first-order chi connectivity index (χ1) is 14.0. The standard InChI is InChI=1S/C22H24N4O3/c1-16-18(14-26(25-16)19-7-3-2-4-8-19)6-5-13-24-21(27)15-29-20-11-9-17(10-12-20)22(23)28/h2-4,7-12,14H,5-6,13,15H2,1H3,(H2,23,28)(H,24,27). The van der Waals surface area contributed by atoms with Gasteiger partial charge in [0.05, 0.1) is 11.4 Å². The molecule has 0 fully saturated rings. The van der Waals surface area contributed by atoms with E-state index in [9.17, 15) is 9.59 Å². The molecule has 1 heterocycles. The summed E-state index contributed by atoms with van der Waals surface area (Å²) in [5.41, 5.74) is 8.76. The Labute approximate surface area is 169 Å². The normalized spacial score (nSPS) is 10.5. The van der Waals surface area contributed by atoms with Crippen molar-refractivity contribution in [1.82, 2.24) is 15.1 Å². The number of nitrogens with one attached hydrogen (secondary N) is 1. The second-order valence-corrected chi connectivity index (χ2v) is 6.65. The molecule has 0 aliphatic carbocycles. The molecule has 2 aromatic carbocycles. The Hall–Kier alpha value is -3.61. The molecule has 0 aliphatic heterocycles. The number of rotatable bonds is 9. The van der Waals surface area contributed by atoms with E-state index in [1.807, 2.05) is 48.1 Å². The molecule has 7 heteroatoms. The summed E-state index contributed by atoms with van der Waals surface area (Å²) in [6.45, 7) is 2.46. The lowest BCUT2D eigenvalue weighted by Gasteiger charge is -2.07. The van der Waals surface area contributed by atoms with E-state index >= 15 is 0 Å². The van der Waals surface area contributed by atoms with Gasteiger partial charge in [0, 0.05) is 18.3 Å². The summed E-state index contributed by atoms with van der Waals surface area (Å²) in [4.78, 5) is 23.0. The monoisotopic (exact) mass is 392 g/mol. The second-order valence-electron chi connectivity index (χ2n) is 6.65.